The number of nitriles is 1. The van der Waals surface area contributed by atoms with Crippen molar-refractivity contribution in [3.63, 3.8) is 0 Å². The van der Waals surface area contributed by atoms with Gasteiger partial charge in [-0.15, -0.1) is 0 Å². The third-order valence-corrected chi connectivity index (χ3v) is 2.82. The van der Waals surface area contributed by atoms with Gasteiger partial charge in [0.1, 0.15) is 0 Å². The zero-order valence-corrected chi connectivity index (χ0v) is 10.0. The van der Waals surface area contributed by atoms with Crippen LogP contribution in [0, 0.1) is 11.3 Å². The van der Waals surface area contributed by atoms with Crippen molar-refractivity contribution >= 4 is 16.7 Å². The number of amides is 1. The van der Waals surface area contributed by atoms with Crippen LogP contribution in [-0.2, 0) is 11.3 Å². The van der Waals surface area contributed by atoms with E-state index >= 15 is 0 Å². The zero-order chi connectivity index (χ0) is 12.8. The van der Waals surface area contributed by atoms with Crippen LogP contribution >= 0.6 is 0 Å². The van der Waals surface area contributed by atoms with Gasteiger partial charge in [-0.05, 0) is 16.3 Å². The highest BCUT2D eigenvalue weighted by atomic mass is 16.1. The smallest absolute Gasteiger partial charge is 0.221 e. The van der Waals surface area contributed by atoms with Gasteiger partial charge in [0.05, 0.1) is 6.07 Å². The highest BCUT2D eigenvalue weighted by Crippen LogP contribution is 2.18. The van der Waals surface area contributed by atoms with Crippen molar-refractivity contribution in [1.29, 1.82) is 5.26 Å². The van der Waals surface area contributed by atoms with E-state index in [1.54, 1.807) is 0 Å². The SMILES string of the molecule is N#CCCC(=O)NCc1cccc2ccccc12. The molecule has 0 atom stereocenters. The molecule has 0 fully saturated rings. The molecule has 0 aliphatic carbocycles. The van der Waals surface area contributed by atoms with Crippen LogP contribution in [0.25, 0.3) is 10.8 Å². The first-order chi connectivity index (χ1) is 8.81. The van der Waals surface area contributed by atoms with Crippen molar-refractivity contribution in [2.75, 3.05) is 0 Å². The fraction of sp³-hybridized carbons (Fsp3) is 0.200. The number of nitrogens with zero attached hydrogens (tertiary/aromatic N) is 1. The molecule has 0 saturated heterocycles. The summed E-state index contributed by atoms with van der Waals surface area (Å²) >= 11 is 0. The molecule has 0 heterocycles. The third kappa shape index (κ3) is 2.86. The molecule has 3 heteroatoms. The molecule has 0 bridgehead atoms. The minimum atomic E-state index is -0.0792. The van der Waals surface area contributed by atoms with E-state index in [4.69, 9.17) is 5.26 Å². The standard InChI is InChI=1S/C15H14N2O/c16-10-4-9-15(18)17-11-13-7-3-6-12-5-1-2-8-14(12)13/h1-3,5-8H,4,9,11H2,(H,17,18). The van der Waals surface area contributed by atoms with E-state index < -0.39 is 0 Å². The Hall–Kier alpha value is -2.34. The molecule has 1 N–H and O–H groups in total. The van der Waals surface area contributed by atoms with Crippen LogP contribution < -0.4 is 5.32 Å². The summed E-state index contributed by atoms with van der Waals surface area (Å²) in [6.45, 7) is 0.506. The lowest BCUT2D eigenvalue weighted by Gasteiger charge is -2.07. The maximum absolute atomic E-state index is 11.4. The molecule has 0 radical (unpaired) electrons. The van der Waals surface area contributed by atoms with Gasteiger partial charge in [-0.25, -0.2) is 0 Å². The van der Waals surface area contributed by atoms with E-state index in [9.17, 15) is 4.79 Å². The molecular formula is C15H14N2O. The van der Waals surface area contributed by atoms with Crippen LogP contribution in [0.15, 0.2) is 42.5 Å². The Kier molecular flexibility index (Phi) is 3.93. The first kappa shape index (κ1) is 12.1. The maximum Gasteiger partial charge on any atom is 0.221 e. The molecule has 90 valence electrons. The van der Waals surface area contributed by atoms with Crippen LogP contribution in [0.3, 0.4) is 0 Å². The summed E-state index contributed by atoms with van der Waals surface area (Å²) in [5.41, 5.74) is 1.10. The van der Waals surface area contributed by atoms with E-state index in [-0.39, 0.29) is 18.7 Å². The highest BCUT2D eigenvalue weighted by Gasteiger charge is 2.03. The maximum atomic E-state index is 11.4. The summed E-state index contributed by atoms with van der Waals surface area (Å²) in [5.74, 6) is -0.0792. The Labute approximate surface area is 106 Å². The second-order valence-corrected chi connectivity index (χ2v) is 4.07. The summed E-state index contributed by atoms with van der Waals surface area (Å²) in [5, 5.41) is 13.6. The summed E-state index contributed by atoms with van der Waals surface area (Å²) in [6, 6.07) is 16.1. The van der Waals surface area contributed by atoms with Crippen LogP contribution in [0.5, 0.6) is 0 Å². The first-order valence-corrected chi connectivity index (χ1v) is 5.91. The molecule has 0 aromatic heterocycles. The number of fused-ring (bicyclic) bond motifs is 1. The number of hydrogen-bond donors (Lipinski definition) is 1. The highest BCUT2D eigenvalue weighted by molar-refractivity contribution is 5.86. The molecule has 2 aromatic rings. The molecule has 0 unspecified atom stereocenters. The number of benzene rings is 2. The van der Waals surface area contributed by atoms with Gasteiger partial charge in [-0.1, -0.05) is 42.5 Å². The lowest BCUT2D eigenvalue weighted by Crippen LogP contribution is -2.22. The number of rotatable bonds is 4. The van der Waals surface area contributed by atoms with E-state index in [0.29, 0.717) is 6.54 Å². The molecule has 18 heavy (non-hydrogen) atoms. The second-order valence-electron chi connectivity index (χ2n) is 4.07. The van der Waals surface area contributed by atoms with Crippen LogP contribution in [0.4, 0.5) is 0 Å². The summed E-state index contributed by atoms with van der Waals surface area (Å²) < 4.78 is 0. The molecule has 0 aliphatic rings. The Bertz CT molecular complexity index is 593. The van der Waals surface area contributed by atoms with Gasteiger partial charge >= 0.3 is 0 Å². The number of carbonyl (C=O) groups excluding carboxylic acids is 1. The van der Waals surface area contributed by atoms with E-state index in [0.717, 1.165) is 10.9 Å². The lowest BCUT2D eigenvalue weighted by molar-refractivity contribution is -0.121. The fourth-order valence-electron chi connectivity index (χ4n) is 1.90. The predicted octanol–water partition coefficient (Wildman–Crippen LogP) is 2.76. The molecule has 1 amide bonds. The number of carbonyl (C=O) groups is 1. The van der Waals surface area contributed by atoms with Gasteiger partial charge in [0, 0.05) is 19.4 Å². The fourth-order valence-corrected chi connectivity index (χ4v) is 1.90. The summed E-state index contributed by atoms with van der Waals surface area (Å²) in [7, 11) is 0. The average Bonchev–Trinajstić information content (AvgIpc) is 2.42. The first-order valence-electron chi connectivity index (χ1n) is 5.91. The monoisotopic (exact) mass is 238 g/mol. The average molecular weight is 238 g/mol. The van der Waals surface area contributed by atoms with E-state index in [1.807, 2.05) is 36.4 Å². The van der Waals surface area contributed by atoms with Crippen LogP contribution in [0.2, 0.25) is 0 Å². The van der Waals surface area contributed by atoms with Gasteiger partial charge in [-0.3, -0.25) is 4.79 Å². The van der Waals surface area contributed by atoms with Gasteiger partial charge in [0.2, 0.25) is 5.91 Å². The molecule has 0 saturated carbocycles. The minimum Gasteiger partial charge on any atom is -0.352 e. The molecule has 0 spiro atoms. The molecule has 2 rings (SSSR count). The van der Waals surface area contributed by atoms with Crippen molar-refractivity contribution in [1.82, 2.24) is 5.32 Å². The van der Waals surface area contributed by atoms with Crippen molar-refractivity contribution in [2.45, 2.75) is 19.4 Å². The van der Waals surface area contributed by atoms with E-state index in [2.05, 4.69) is 17.4 Å². The topological polar surface area (TPSA) is 52.9 Å². The number of nitrogens with one attached hydrogen (secondary N) is 1. The Balaban J connectivity index is 2.08. The van der Waals surface area contributed by atoms with Crippen molar-refractivity contribution in [2.24, 2.45) is 0 Å². The summed E-state index contributed by atoms with van der Waals surface area (Å²) in [6.07, 6.45) is 0.530. The van der Waals surface area contributed by atoms with Crippen LogP contribution in [-0.4, -0.2) is 5.91 Å². The van der Waals surface area contributed by atoms with Gasteiger partial charge in [0.15, 0.2) is 0 Å². The molecule has 0 aliphatic heterocycles. The third-order valence-electron chi connectivity index (χ3n) is 2.82. The Morgan fingerprint density at radius 1 is 1.17 bits per heavy atom. The Morgan fingerprint density at radius 3 is 2.78 bits per heavy atom. The van der Waals surface area contributed by atoms with E-state index in [1.165, 1.54) is 5.39 Å². The normalized spacial score (nSPS) is 9.94. The Morgan fingerprint density at radius 2 is 1.94 bits per heavy atom. The predicted molar refractivity (Wildman–Crippen MR) is 70.6 cm³/mol. The summed E-state index contributed by atoms with van der Waals surface area (Å²) in [4.78, 5) is 11.4. The quantitative estimate of drug-likeness (QED) is 0.890. The molecular weight excluding hydrogens is 224 g/mol. The van der Waals surface area contributed by atoms with Crippen molar-refractivity contribution < 1.29 is 4.79 Å². The molecule has 2 aromatic carbocycles. The van der Waals surface area contributed by atoms with Gasteiger partial charge in [0.25, 0.3) is 0 Å². The minimum absolute atomic E-state index is 0.0792. The largest absolute Gasteiger partial charge is 0.352 e. The van der Waals surface area contributed by atoms with Crippen LogP contribution in [0.1, 0.15) is 18.4 Å². The zero-order valence-electron chi connectivity index (χ0n) is 10.0. The van der Waals surface area contributed by atoms with Crippen molar-refractivity contribution in [3.8, 4) is 6.07 Å². The lowest BCUT2D eigenvalue weighted by atomic mass is 10.0. The molecule has 3 nitrogen and oxygen atoms in total. The van der Waals surface area contributed by atoms with Gasteiger partial charge < -0.3 is 5.32 Å². The van der Waals surface area contributed by atoms with Gasteiger partial charge in [-0.2, -0.15) is 5.26 Å². The van der Waals surface area contributed by atoms with Crippen molar-refractivity contribution in [3.05, 3.63) is 48.0 Å². The second kappa shape index (κ2) is 5.83. The number of hydrogen-bond acceptors (Lipinski definition) is 2.